The van der Waals surface area contributed by atoms with Gasteiger partial charge in [-0.25, -0.2) is 13.2 Å². The van der Waals surface area contributed by atoms with Gasteiger partial charge in [-0.15, -0.1) is 0 Å². The van der Waals surface area contributed by atoms with Crippen LogP contribution in [0.3, 0.4) is 0 Å². The molecule has 0 unspecified atom stereocenters. The molecule has 0 bridgehead atoms. The molecule has 3 aromatic rings. The molecule has 1 aliphatic carbocycles. The minimum Gasteiger partial charge on any atom is -0.408 e. The van der Waals surface area contributed by atoms with E-state index in [4.69, 9.17) is 4.42 Å². The Kier molecular flexibility index (Phi) is 3.47. The van der Waals surface area contributed by atoms with Gasteiger partial charge in [0.2, 0.25) is 10.0 Å². The third-order valence-corrected chi connectivity index (χ3v) is 6.83. The van der Waals surface area contributed by atoms with Gasteiger partial charge in [-0.1, -0.05) is 6.07 Å². The fourth-order valence-electron chi connectivity index (χ4n) is 2.80. The first kappa shape index (κ1) is 15.9. The van der Waals surface area contributed by atoms with Crippen LogP contribution in [-0.2, 0) is 17.1 Å². The van der Waals surface area contributed by atoms with Crippen molar-refractivity contribution in [2.45, 2.75) is 18.1 Å². The van der Waals surface area contributed by atoms with E-state index in [9.17, 15) is 13.2 Å². The minimum atomic E-state index is -3.32. The number of sulfonamides is 1. The van der Waals surface area contributed by atoms with Gasteiger partial charge in [0.25, 0.3) is 0 Å². The summed E-state index contributed by atoms with van der Waals surface area (Å²) in [7, 11) is -0.128. The van der Waals surface area contributed by atoms with E-state index < -0.39 is 15.8 Å². The molecule has 0 amide bonds. The molecule has 0 radical (unpaired) electrons. The van der Waals surface area contributed by atoms with Gasteiger partial charge < -0.3 is 4.42 Å². The van der Waals surface area contributed by atoms with Crippen LogP contribution < -0.4 is 10.1 Å². The molecule has 1 aliphatic rings. The molecule has 2 aromatic heterocycles. The van der Waals surface area contributed by atoms with Gasteiger partial charge in [0, 0.05) is 25.9 Å². The van der Waals surface area contributed by atoms with Crippen LogP contribution in [0.5, 0.6) is 0 Å². The Balaban J connectivity index is 1.77. The number of pyridine rings is 1. The summed E-state index contributed by atoms with van der Waals surface area (Å²) >= 11 is 0. The molecule has 0 aliphatic heterocycles. The largest absolute Gasteiger partial charge is 0.419 e. The summed E-state index contributed by atoms with van der Waals surface area (Å²) in [4.78, 5) is 15.8. The molecule has 1 fully saturated rings. The van der Waals surface area contributed by atoms with Crippen LogP contribution >= 0.6 is 0 Å². The molecule has 1 saturated carbocycles. The second-order valence-corrected chi connectivity index (χ2v) is 8.50. The molecular weight excluding hydrogens is 342 g/mol. The maximum absolute atomic E-state index is 12.4. The molecule has 0 atom stereocenters. The minimum absolute atomic E-state index is 0.280. The average molecular weight is 359 g/mol. The number of hydrogen-bond donors (Lipinski definition) is 0. The van der Waals surface area contributed by atoms with Crippen molar-refractivity contribution >= 4 is 26.8 Å². The molecule has 25 heavy (non-hydrogen) atoms. The molecule has 1 aromatic carbocycles. The van der Waals surface area contributed by atoms with Crippen molar-refractivity contribution in [2.24, 2.45) is 7.05 Å². The molecule has 7 nitrogen and oxygen atoms in total. The number of aryl methyl sites for hydroxylation is 1. The van der Waals surface area contributed by atoms with E-state index in [0.717, 1.165) is 11.1 Å². The molecule has 0 saturated heterocycles. The molecule has 0 N–H and O–H groups in total. The standard InChI is InChI=1S/C17H17N3O4S/c1-19-15-8-11(3-6-16(15)24-17(19)21)12-7-13(10-18-9-12)20(2)25(22,23)14-4-5-14/h3,6-10,14H,4-5H2,1-2H3. The van der Waals surface area contributed by atoms with E-state index in [-0.39, 0.29) is 5.25 Å². The molecule has 2 heterocycles. The van der Waals surface area contributed by atoms with Gasteiger partial charge in [-0.3, -0.25) is 13.9 Å². The zero-order valence-electron chi connectivity index (χ0n) is 13.8. The lowest BCUT2D eigenvalue weighted by atomic mass is 10.1. The number of rotatable bonds is 4. The molecule has 130 valence electrons. The number of hydrogen-bond acceptors (Lipinski definition) is 5. The third-order valence-electron chi connectivity index (χ3n) is 4.54. The Hall–Kier alpha value is -2.61. The van der Waals surface area contributed by atoms with Crippen molar-refractivity contribution in [1.29, 1.82) is 0 Å². The summed E-state index contributed by atoms with van der Waals surface area (Å²) in [5.74, 6) is -0.422. The van der Waals surface area contributed by atoms with Crippen molar-refractivity contribution in [1.82, 2.24) is 9.55 Å². The number of fused-ring (bicyclic) bond motifs is 1. The van der Waals surface area contributed by atoms with Crippen LogP contribution in [0.4, 0.5) is 5.69 Å². The van der Waals surface area contributed by atoms with Crippen LogP contribution in [0, 0.1) is 0 Å². The van der Waals surface area contributed by atoms with E-state index in [1.54, 1.807) is 32.4 Å². The van der Waals surface area contributed by atoms with E-state index in [1.165, 1.54) is 15.1 Å². The summed E-state index contributed by atoms with van der Waals surface area (Å²) in [5, 5.41) is -0.280. The van der Waals surface area contributed by atoms with Gasteiger partial charge in [0.15, 0.2) is 5.58 Å². The average Bonchev–Trinajstić information content (AvgIpc) is 3.43. The summed E-state index contributed by atoms with van der Waals surface area (Å²) in [6.07, 6.45) is 4.63. The number of benzene rings is 1. The zero-order chi connectivity index (χ0) is 17.8. The second-order valence-electron chi connectivity index (χ2n) is 6.25. The van der Waals surface area contributed by atoms with Gasteiger partial charge in [0.05, 0.1) is 22.7 Å². The van der Waals surface area contributed by atoms with E-state index in [1.807, 2.05) is 12.1 Å². The lowest BCUT2D eigenvalue weighted by molar-refractivity contribution is 0.528. The quantitative estimate of drug-likeness (QED) is 0.712. The lowest BCUT2D eigenvalue weighted by Gasteiger charge is -2.19. The zero-order valence-corrected chi connectivity index (χ0v) is 14.7. The highest BCUT2D eigenvalue weighted by atomic mass is 32.2. The van der Waals surface area contributed by atoms with Crippen molar-refractivity contribution in [3.8, 4) is 11.1 Å². The van der Waals surface area contributed by atoms with Crippen LogP contribution in [0.1, 0.15) is 12.8 Å². The van der Waals surface area contributed by atoms with Crippen LogP contribution in [0.15, 0.2) is 45.9 Å². The predicted octanol–water partition coefficient (Wildman–Crippen LogP) is 2.12. The maximum atomic E-state index is 12.4. The Bertz CT molecular complexity index is 1130. The normalized spacial score (nSPS) is 14.8. The van der Waals surface area contributed by atoms with Crippen LogP contribution in [-0.4, -0.2) is 30.3 Å². The summed E-state index contributed by atoms with van der Waals surface area (Å²) in [6, 6.07) is 7.16. The van der Waals surface area contributed by atoms with Crippen LogP contribution in [0.2, 0.25) is 0 Å². The molecule has 4 rings (SSSR count). The Morgan fingerprint density at radius 1 is 1.20 bits per heavy atom. The number of anilines is 1. The topological polar surface area (TPSA) is 85.4 Å². The first-order valence-corrected chi connectivity index (χ1v) is 9.41. The monoisotopic (exact) mass is 359 g/mol. The number of aromatic nitrogens is 2. The smallest absolute Gasteiger partial charge is 0.408 e. The van der Waals surface area contributed by atoms with Crippen molar-refractivity contribution in [2.75, 3.05) is 11.4 Å². The van der Waals surface area contributed by atoms with Crippen LogP contribution in [0.25, 0.3) is 22.2 Å². The van der Waals surface area contributed by atoms with E-state index in [2.05, 4.69) is 4.98 Å². The maximum Gasteiger partial charge on any atom is 0.419 e. The van der Waals surface area contributed by atoms with Crippen molar-refractivity contribution in [3.63, 3.8) is 0 Å². The Labute approximate surface area is 144 Å². The summed E-state index contributed by atoms with van der Waals surface area (Å²) in [5.41, 5.74) is 3.30. The first-order chi connectivity index (χ1) is 11.9. The number of oxazole rings is 1. The fraction of sp³-hybridized carbons (Fsp3) is 0.294. The number of nitrogens with zero attached hydrogens (tertiary/aromatic N) is 3. The summed E-state index contributed by atoms with van der Waals surface area (Å²) in [6.45, 7) is 0. The first-order valence-electron chi connectivity index (χ1n) is 7.90. The Morgan fingerprint density at radius 3 is 2.68 bits per heavy atom. The molecular formula is C17H17N3O4S. The second kappa shape index (κ2) is 5.45. The fourth-order valence-corrected chi connectivity index (χ4v) is 4.37. The van der Waals surface area contributed by atoms with Gasteiger partial charge in [-0.05, 0) is 36.6 Å². The van der Waals surface area contributed by atoms with E-state index in [0.29, 0.717) is 29.6 Å². The van der Waals surface area contributed by atoms with Crippen molar-refractivity contribution in [3.05, 3.63) is 47.2 Å². The van der Waals surface area contributed by atoms with Crippen molar-refractivity contribution < 1.29 is 12.8 Å². The highest BCUT2D eigenvalue weighted by Crippen LogP contribution is 2.33. The summed E-state index contributed by atoms with van der Waals surface area (Å²) < 4.78 is 32.7. The Morgan fingerprint density at radius 2 is 1.96 bits per heavy atom. The van der Waals surface area contributed by atoms with Gasteiger partial charge >= 0.3 is 5.76 Å². The van der Waals surface area contributed by atoms with Gasteiger partial charge in [0.1, 0.15) is 0 Å². The predicted molar refractivity (Wildman–Crippen MR) is 95.0 cm³/mol. The highest BCUT2D eigenvalue weighted by Gasteiger charge is 2.38. The van der Waals surface area contributed by atoms with E-state index >= 15 is 0 Å². The van der Waals surface area contributed by atoms with Gasteiger partial charge in [-0.2, -0.15) is 0 Å². The SMILES string of the molecule is CN(c1cncc(-c2ccc3oc(=O)n(C)c3c2)c1)S(=O)(=O)C1CC1. The molecule has 8 heteroatoms. The third kappa shape index (κ3) is 2.62. The highest BCUT2D eigenvalue weighted by molar-refractivity contribution is 7.93. The molecule has 0 spiro atoms. The lowest BCUT2D eigenvalue weighted by Crippen LogP contribution is -2.29.